The van der Waals surface area contributed by atoms with E-state index < -0.39 is 5.54 Å². The van der Waals surface area contributed by atoms with E-state index in [0.717, 1.165) is 13.1 Å². The molecule has 0 N–H and O–H groups in total. The fraction of sp³-hybridized carbons (Fsp3) is 0.115. The van der Waals surface area contributed by atoms with E-state index in [-0.39, 0.29) is 0 Å². The van der Waals surface area contributed by atoms with Gasteiger partial charge < -0.3 is 0 Å². The van der Waals surface area contributed by atoms with Crippen molar-refractivity contribution in [2.24, 2.45) is 0 Å². The molecule has 0 radical (unpaired) electrons. The summed E-state index contributed by atoms with van der Waals surface area (Å²) in [5.41, 5.74) is 5.84. The maximum Gasteiger partial charge on any atom is 0.129 e. The standard InChI is InChI=1S/C26H21ClN2/c27-25-16-20-18-29(19-21(20)17-28-25)26(22-10-4-1-5-11-22,23-12-6-2-7-13-23)24-14-8-3-9-15-24/h1-17H,18-19H2. The summed E-state index contributed by atoms with van der Waals surface area (Å²) in [5, 5.41) is 0.551. The summed E-state index contributed by atoms with van der Waals surface area (Å²) in [6.07, 6.45) is 1.92. The first-order valence-corrected chi connectivity index (χ1v) is 10.2. The molecule has 0 spiro atoms. The van der Waals surface area contributed by atoms with Crippen molar-refractivity contribution in [3.05, 3.63) is 136 Å². The summed E-state index contributed by atoms with van der Waals surface area (Å²) in [6, 6.07) is 34.3. The Bertz CT molecular complexity index is 1010. The summed E-state index contributed by atoms with van der Waals surface area (Å²) in [6.45, 7) is 1.63. The van der Waals surface area contributed by atoms with E-state index >= 15 is 0 Å². The summed E-state index contributed by atoms with van der Waals surface area (Å²) in [4.78, 5) is 6.86. The Morgan fingerprint density at radius 2 is 1.10 bits per heavy atom. The Morgan fingerprint density at radius 1 is 0.655 bits per heavy atom. The van der Waals surface area contributed by atoms with Crippen LogP contribution in [0.5, 0.6) is 0 Å². The highest BCUT2D eigenvalue weighted by atomic mass is 35.5. The third-order valence-corrected chi connectivity index (χ3v) is 6.03. The van der Waals surface area contributed by atoms with E-state index in [1.165, 1.54) is 27.8 Å². The van der Waals surface area contributed by atoms with Crippen LogP contribution < -0.4 is 0 Å². The van der Waals surface area contributed by atoms with Gasteiger partial charge in [-0.3, -0.25) is 4.90 Å². The van der Waals surface area contributed by atoms with Crippen molar-refractivity contribution in [3.8, 4) is 0 Å². The van der Waals surface area contributed by atoms with Crippen LogP contribution in [0.25, 0.3) is 0 Å². The Kier molecular flexibility index (Phi) is 4.67. The van der Waals surface area contributed by atoms with Gasteiger partial charge in [-0.05, 0) is 33.9 Å². The van der Waals surface area contributed by atoms with Crippen LogP contribution in [0.4, 0.5) is 0 Å². The van der Waals surface area contributed by atoms with Crippen LogP contribution in [-0.4, -0.2) is 9.88 Å². The number of halogens is 1. The average molecular weight is 397 g/mol. The normalized spacial score (nSPS) is 14.0. The molecule has 2 nitrogen and oxygen atoms in total. The number of hydrogen-bond acceptors (Lipinski definition) is 2. The van der Waals surface area contributed by atoms with Crippen LogP contribution in [0.3, 0.4) is 0 Å². The molecule has 0 saturated carbocycles. The molecule has 0 amide bonds. The lowest BCUT2D eigenvalue weighted by molar-refractivity contribution is 0.157. The lowest BCUT2D eigenvalue weighted by atomic mass is 9.75. The van der Waals surface area contributed by atoms with Gasteiger partial charge in [0, 0.05) is 19.3 Å². The molecular weight excluding hydrogens is 376 g/mol. The van der Waals surface area contributed by atoms with Crippen molar-refractivity contribution in [2.45, 2.75) is 18.6 Å². The number of aromatic nitrogens is 1. The van der Waals surface area contributed by atoms with Crippen molar-refractivity contribution in [3.63, 3.8) is 0 Å². The SMILES string of the molecule is Clc1cc2c(cn1)CN(C(c1ccccc1)(c1ccccc1)c1ccccc1)C2. The van der Waals surface area contributed by atoms with Gasteiger partial charge in [-0.1, -0.05) is 103 Å². The summed E-state index contributed by atoms with van der Waals surface area (Å²) in [7, 11) is 0. The minimum atomic E-state index is -0.407. The van der Waals surface area contributed by atoms with Gasteiger partial charge >= 0.3 is 0 Å². The molecule has 4 aromatic rings. The summed E-state index contributed by atoms with van der Waals surface area (Å²) >= 11 is 6.21. The fourth-order valence-corrected chi connectivity index (χ4v) is 4.76. The van der Waals surface area contributed by atoms with Crippen molar-refractivity contribution < 1.29 is 0 Å². The third kappa shape index (κ3) is 3.05. The van der Waals surface area contributed by atoms with E-state index in [4.69, 9.17) is 11.6 Å². The monoisotopic (exact) mass is 396 g/mol. The Hall–Kier alpha value is -2.94. The van der Waals surface area contributed by atoms with Crippen molar-refractivity contribution in [1.29, 1.82) is 0 Å². The van der Waals surface area contributed by atoms with Gasteiger partial charge in [0.05, 0.1) is 5.54 Å². The molecule has 3 aromatic carbocycles. The molecule has 0 bridgehead atoms. The molecule has 1 aliphatic rings. The number of pyridine rings is 1. The van der Waals surface area contributed by atoms with Crippen LogP contribution in [-0.2, 0) is 18.6 Å². The Labute approximate surface area is 176 Å². The summed E-state index contributed by atoms with van der Waals surface area (Å²) < 4.78 is 0. The molecule has 142 valence electrons. The topological polar surface area (TPSA) is 16.1 Å². The number of fused-ring (bicyclic) bond motifs is 1. The van der Waals surface area contributed by atoms with Gasteiger partial charge in [0.15, 0.2) is 0 Å². The zero-order valence-corrected chi connectivity index (χ0v) is 16.8. The van der Waals surface area contributed by atoms with Crippen LogP contribution in [0.1, 0.15) is 27.8 Å². The van der Waals surface area contributed by atoms with Crippen LogP contribution >= 0.6 is 11.6 Å². The van der Waals surface area contributed by atoms with E-state index in [9.17, 15) is 0 Å². The predicted octanol–water partition coefficient (Wildman–Crippen LogP) is 6.04. The predicted molar refractivity (Wildman–Crippen MR) is 118 cm³/mol. The van der Waals surface area contributed by atoms with E-state index in [1.807, 2.05) is 12.3 Å². The Balaban J connectivity index is 1.78. The van der Waals surface area contributed by atoms with E-state index in [1.54, 1.807) is 0 Å². The molecule has 0 fully saturated rings. The minimum Gasteiger partial charge on any atom is -0.277 e. The van der Waals surface area contributed by atoms with Crippen LogP contribution in [0.15, 0.2) is 103 Å². The quantitative estimate of drug-likeness (QED) is 0.308. The number of nitrogens with zero attached hydrogens (tertiary/aromatic N) is 2. The first-order chi connectivity index (χ1) is 14.3. The second-order valence-corrected chi connectivity index (χ2v) is 7.83. The molecule has 0 saturated heterocycles. The van der Waals surface area contributed by atoms with Gasteiger partial charge in [-0.2, -0.15) is 0 Å². The van der Waals surface area contributed by atoms with Crippen molar-refractivity contribution in [2.75, 3.05) is 0 Å². The molecule has 5 rings (SSSR count). The molecule has 29 heavy (non-hydrogen) atoms. The molecule has 0 aliphatic carbocycles. The maximum absolute atomic E-state index is 6.21. The molecule has 1 aromatic heterocycles. The molecule has 3 heteroatoms. The van der Waals surface area contributed by atoms with E-state index in [2.05, 4.69) is 101 Å². The van der Waals surface area contributed by atoms with E-state index in [0.29, 0.717) is 5.15 Å². The molecule has 0 unspecified atom stereocenters. The first kappa shape index (κ1) is 18.1. The van der Waals surface area contributed by atoms with Gasteiger partial charge in [0.25, 0.3) is 0 Å². The lowest BCUT2D eigenvalue weighted by Gasteiger charge is -2.43. The molecule has 0 atom stereocenters. The lowest BCUT2D eigenvalue weighted by Crippen LogP contribution is -2.45. The highest BCUT2D eigenvalue weighted by Gasteiger charge is 2.44. The number of benzene rings is 3. The average Bonchev–Trinajstić information content (AvgIpc) is 3.20. The zero-order chi connectivity index (χ0) is 19.7. The summed E-state index contributed by atoms with van der Waals surface area (Å²) in [5.74, 6) is 0. The van der Waals surface area contributed by atoms with Gasteiger partial charge in [0.2, 0.25) is 0 Å². The maximum atomic E-state index is 6.21. The highest BCUT2D eigenvalue weighted by molar-refractivity contribution is 6.29. The largest absolute Gasteiger partial charge is 0.277 e. The van der Waals surface area contributed by atoms with Gasteiger partial charge in [0.1, 0.15) is 5.15 Å². The second kappa shape index (κ2) is 7.47. The smallest absolute Gasteiger partial charge is 0.129 e. The van der Waals surface area contributed by atoms with Crippen LogP contribution in [0.2, 0.25) is 5.15 Å². The second-order valence-electron chi connectivity index (χ2n) is 7.44. The fourth-order valence-electron chi connectivity index (χ4n) is 4.58. The van der Waals surface area contributed by atoms with Crippen LogP contribution in [0, 0.1) is 0 Å². The number of rotatable bonds is 4. The molecule has 1 aliphatic heterocycles. The zero-order valence-electron chi connectivity index (χ0n) is 16.0. The first-order valence-electron chi connectivity index (χ1n) is 9.83. The third-order valence-electron chi connectivity index (χ3n) is 5.82. The highest BCUT2D eigenvalue weighted by Crippen LogP contribution is 2.46. The van der Waals surface area contributed by atoms with Gasteiger partial charge in [-0.15, -0.1) is 0 Å². The van der Waals surface area contributed by atoms with Crippen molar-refractivity contribution >= 4 is 11.6 Å². The van der Waals surface area contributed by atoms with Gasteiger partial charge in [-0.25, -0.2) is 4.98 Å². The minimum absolute atomic E-state index is 0.407. The molecule has 2 heterocycles. The van der Waals surface area contributed by atoms with Crippen molar-refractivity contribution in [1.82, 2.24) is 9.88 Å². The number of hydrogen-bond donors (Lipinski definition) is 0. The molecular formula is C26H21ClN2. The Morgan fingerprint density at radius 3 is 1.59 bits per heavy atom.